The SMILES string of the molecule is O=C1C(c2c[nH]c3ccccc23)=Nc2ccccc21.O=C1c2ccccc2NC1(c1c[nH]c2ccccc12)c1c[nH]c2ccccc12.c1ccc2[nH]ccc2c1. The van der Waals surface area contributed by atoms with E-state index in [1.54, 1.807) is 0 Å². The van der Waals surface area contributed by atoms with Crippen LogP contribution in [0.5, 0.6) is 0 Å². The predicted octanol–water partition coefficient (Wildman–Crippen LogP) is 10.9. The highest BCUT2D eigenvalue weighted by atomic mass is 16.1. The van der Waals surface area contributed by atoms with Crippen molar-refractivity contribution in [3.05, 3.63) is 204 Å². The van der Waals surface area contributed by atoms with Crippen molar-refractivity contribution in [2.24, 2.45) is 4.99 Å². The normalized spacial score (nSPS) is 13.8. The molecule has 12 rings (SSSR count). The molecule has 0 radical (unpaired) electrons. The van der Waals surface area contributed by atoms with Crippen LogP contribution in [0.3, 0.4) is 0 Å². The summed E-state index contributed by atoms with van der Waals surface area (Å²) in [7, 11) is 0. The summed E-state index contributed by atoms with van der Waals surface area (Å²) in [4.78, 5) is 43.8. The van der Waals surface area contributed by atoms with E-state index in [0.717, 1.165) is 66.3 Å². The van der Waals surface area contributed by atoms with Gasteiger partial charge >= 0.3 is 0 Å². The van der Waals surface area contributed by atoms with E-state index in [4.69, 9.17) is 0 Å². The lowest BCUT2D eigenvalue weighted by molar-refractivity contribution is 0.0942. The third-order valence-electron chi connectivity index (χ3n) is 10.7. The van der Waals surface area contributed by atoms with E-state index >= 15 is 0 Å². The van der Waals surface area contributed by atoms with Crippen LogP contribution < -0.4 is 5.32 Å². The number of aromatic amines is 4. The Bertz CT molecular complexity index is 3030. The molecule has 0 bridgehead atoms. The van der Waals surface area contributed by atoms with Crippen molar-refractivity contribution in [1.29, 1.82) is 0 Å². The number of anilines is 1. The Morgan fingerprint density at radius 2 is 0.982 bits per heavy atom. The number of nitrogens with one attached hydrogen (secondary N) is 5. The minimum Gasteiger partial charge on any atom is -0.365 e. The Kier molecular flexibility index (Phi) is 7.81. The largest absolute Gasteiger partial charge is 0.365 e. The third kappa shape index (κ3) is 5.27. The van der Waals surface area contributed by atoms with Gasteiger partial charge in [0, 0.05) is 96.5 Å². The molecule has 10 aromatic rings. The summed E-state index contributed by atoms with van der Waals surface area (Å²) in [6.45, 7) is 0. The van der Waals surface area contributed by atoms with Crippen molar-refractivity contribution in [3.63, 3.8) is 0 Å². The van der Waals surface area contributed by atoms with Crippen LogP contribution in [0.2, 0.25) is 0 Å². The van der Waals surface area contributed by atoms with Crippen molar-refractivity contribution < 1.29 is 9.59 Å². The van der Waals surface area contributed by atoms with E-state index < -0.39 is 5.54 Å². The highest BCUT2D eigenvalue weighted by Gasteiger charge is 2.50. The number of para-hydroxylation sites is 6. The van der Waals surface area contributed by atoms with Gasteiger partial charge in [-0.1, -0.05) is 97.1 Å². The standard InChI is InChI=1S/C24H17N3O.C16H10N2O.C8H7N/c28-23-17-9-3-6-12-22(17)27-24(23,18-13-25-20-10-4-1-7-15(18)20)19-14-26-21-11-5-2-8-16(19)21;19-16-11-6-2-4-8-14(11)18-15(16)12-9-17-13-7-3-1-5-10(12)13;1-2-4-8-7(3-1)5-6-9-8/h1-14,25-27H;1-9,17H;1-6,9H. The van der Waals surface area contributed by atoms with Gasteiger partial charge < -0.3 is 25.3 Å². The van der Waals surface area contributed by atoms with Crippen LogP contribution in [0.25, 0.3) is 43.6 Å². The van der Waals surface area contributed by atoms with Crippen molar-refractivity contribution in [2.75, 3.05) is 5.32 Å². The maximum Gasteiger partial charge on any atom is 0.214 e. The average Bonchev–Trinajstić information content (AvgIpc) is 4.12. The summed E-state index contributed by atoms with van der Waals surface area (Å²) >= 11 is 0. The van der Waals surface area contributed by atoms with Gasteiger partial charge in [0.25, 0.3) is 0 Å². The zero-order valence-corrected chi connectivity index (χ0v) is 30.0. The second-order valence-corrected chi connectivity index (χ2v) is 13.9. The Labute approximate surface area is 321 Å². The molecule has 2 aliphatic rings. The smallest absolute Gasteiger partial charge is 0.214 e. The number of nitrogens with zero attached hydrogens (tertiary/aromatic N) is 1. The molecule has 0 amide bonds. The van der Waals surface area contributed by atoms with Crippen molar-refractivity contribution in [3.8, 4) is 0 Å². The highest BCUT2D eigenvalue weighted by molar-refractivity contribution is 6.56. The number of fused-ring (bicyclic) bond motifs is 6. The molecule has 0 spiro atoms. The zero-order valence-electron chi connectivity index (χ0n) is 30.0. The van der Waals surface area contributed by atoms with Crippen molar-refractivity contribution >= 4 is 72.3 Å². The minimum atomic E-state index is -0.983. The first-order valence-electron chi connectivity index (χ1n) is 18.5. The highest BCUT2D eigenvalue weighted by Crippen LogP contribution is 2.48. The van der Waals surface area contributed by atoms with Crippen LogP contribution >= 0.6 is 0 Å². The fraction of sp³-hybridized carbons (Fsp3) is 0.0208. The quantitative estimate of drug-likeness (QED) is 0.125. The summed E-state index contributed by atoms with van der Waals surface area (Å²) in [5, 5.41) is 7.99. The van der Waals surface area contributed by atoms with E-state index in [9.17, 15) is 9.59 Å². The summed E-state index contributed by atoms with van der Waals surface area (Å²) in [6, 6.07) is 49.6. The zero-order chi connectivity index (χ0) is 37.6. The van der Waals surface area contributed by atoms with Gasteiger partial charge in [0.1, 0.15) is 5.71 Å². The fourth-order valence-corrected chi connectivity index (χ4v) is 8.05. The number of carbonyl (C=O) groups is 2. The maximum absolute atomic E-state index is 13.9. The summed E-state index contributed by atoms with van der Waals surface area (Å²) < 4.78 is 0. The van der Waals surface area contributed by atoms with Crippen LogP contribution in [0, 0.1) is 0 Å². The van der Waals surface area contributed by atoms with Gasteiger partial charge in [-0.3, -0.25) is 9.59 Å². The number of rotatable bonds is 3. The molecule has 0 fully saturated rings. The maximum atomic E-state index is 13.9. The van der Waals surface area contributed by atoms with Crippen LogP contribution in [-0.2, 0) is 5.54 Å². The molecule has 5 N–H and O–H groups in total. The molecule has 4 aromatic heterocycles. The average molecular weight is 727 g/mol. The van der Waals surface area contributed by atoms with Gasteiger partial charge in [0.05, 0.1) is 5.69 Å². The first kappa shape index (κ1) is 32.9. The fourth-order valence-electron chi connectivity index (χ4n) is 8.05. The number of ketones is 2. The molecule has 56 heavy (non-hydrogen) atoms. The molecule has 6 aromatic carbocycles. The molecule has 0 atom stereocenters. The van der Waals surface area contributed by atoms with Gasteiger partial charge in [-0.05, 0) is 60.0 Å². The minimum absolute atomic E-state index is 0.000327. The van der Waals surface area contributed by atoms with Gasteiger partial charge in [-0.25, -0.2) is 4.99 Å². The monoisotopic (exact) mass is 726 g/mol. The second kappa shape index (κ2) is 13.3. The molecule has 8 heteroatoms. The lowest BCUT2D eigenvalue weighted by Crippen LogP contribution is -2.39. The third-order valence-corrected chi connectivity index (χ3v) is 10.7. The van der Waals surface area contributed by atoms with E-state index in [0.29, 0.717) is 11.3 Å². The van der Waals surface area contributed by atoms with E-state index in [-0.39, 0.29) is 11.6 Å². The number of aliphatic imine (C=N–C) groups is 1. The van der Waals surface area contributed by atoms with Gasteiger partial charge in [0.2, 0.25) is 5.78 Å². The number of aromatic nitrogens is 4. The summed E-state index contributed by atoms with van der Waals surface area (Å²) in [6.07, 6.45) is 7.73. The van der Waals surface area contributed by atoms with E-state index in [2.05, 4.69) is 60.6 Å². The Hall–Kier alpha value is -7.71. The first-order chi connectivity index (χ1) is 27.6. The molecule has 268 valence electrons. The number of Topliss-reactive ketones (excluding diaryl/α,β-unsaturated/α-hetero) is 2. The molecule has 0 saturated heterocycles. The lowest BCUT2D eigenvalue weighted by atomic mass is 9.79. The van der Waals surface area contributed by atoms with Gasteiger partial charge in [0.15, 0.2) is 11.3 Å². The van der Waals surface area contributed by atoms with Crippen LogP contribution in [0.4, 0.5) is 11.4 Å². The van der Waals surface area contributed by atoms with E-state index in [1.165, 1.54) is 10.9 Å². The topological polar surface area (TPSA) is 122 Å². The summed E-state index contributed by atoms with van der Waals surface area (Å²) in [5.74, 6) is 0.0676. The summed E-state index contributed by atoms with van der Waals surface area (Å²) in [5.41, 5.74) is 9.57. The molecule has 0 saturated carbocycles. The molecule has 8 nitrogen and oxygen atoms in total. The Morgan fingerprint density at radius 3 is 1.64 bits per heavy atom. The molecular weight excluding hydrogens is 693 g/mol. The van der Waals surface area contributed by atoms with Crippen LogP contribution in [-0.4, -0.2) is 37.2 Å². The van der Waals surface area contributed by atoms with Gasteiger partial charge in [-0.15, -0.1) is 0 Å². The number of hydrogen-bond donors (Lipinski definition) is 5. The number of H-pyrrole nitrogens is 4. The predicted molar refractivity (Wildman–Crippen MR) is 225 cm³/mol. The van der Waals surface area contributed by atoms with Crippen LogP contribution in [0.1, 0.15) is 37.4 Å². The van der Waals surface area contributed by atoms with Crippen molar-refractivity contribution in [2.45, 2.75) is 5.54 Å². The molecule has 0 aliphatic carbocycles. The van der Waals surface area contributed by atoms with E-state index in [1.807, 2.05) is 146 Å². The Morgan fingerprint density at radius 1 is 0.446 bits per heavy atom. The lowest BCUT2D eigenvalue weighted by Gasteiger charge is -2.28. The number of carbonyl (C=O) groups excluding carboxylic acids is 2. The van der Waals surface area contributed by atoms with Gasteiger partial charge in [-0.2, -0.15) is 0 Å². The Balaban J connectivity index is 0.000000117. The van der Waals surface area contributed by atoms with Crippen LogP contribution in [0.15, 0.2) is 181 Å². The molecule has 6 heterocycles. The second-order valence-electron chi connectivity index (χ2n) is 13.9. The number of hydrogen-bond acceptors (Lipinski definition) is 4. The molecule has 0 unspecified atom stereocenters. The number of benzene rings is 6. The molecule has 2 aliphatic heterocycles. The first-order valence-corrected chi connectivity index (χ1v) is 18.5. The van der Waals surface area contributed by atoms with Crippen molar-refractivity contribution in [1.82, 2.24) is 19.9 Å². The molecular formula is C48H34N6O2.